The summed E-state index contributed by atoms with van der Waals surface area (Å²) in [5, 5.41) is 5.54. The van der Waals surface area contributed by atoms with E-state index in [4.69, 9.17) is 0 Å². The van der Waals surface area contributed by atoms with E-state index < -0.39 is 11.8 Å². The van der Waals surface area contributed by atoms with Crippen LogP contribution in [0.3, 0.4) is 0 Å². The fraction of sp³-hybridized carbons (Fsp3) is 0.455. The number of amides is 2. The van der Waals surface area contributed by atoms with Crippen molar-refractivity contribution in [2.75, 3.05) is 26.2 Å². The van der Waals surface area contributed by atoms with Crippen molar-refractivity contribution in [1.29, 1.82) is 0 Å². The summed E-state index contributed by atoms with van der Waals surface area (Å²) in [4.78, 5) is 35.6. The number of aromatic nitrogens is 2. The molecular formula is C22H28FN5O2. The second-order valence-electron chi connectivity index (χ2n) is 7.43. The number of halogens is 1. The fourth-order valence-corrected chi connectivity index (χ4v) is 3.49. The topological polar surface area (TPSA) is 87.2 Å². The molecule has 0 unspecified atom stereocenters. The Morgan fingerprint density at radius 3 is 2.13 bits per heavy atom. The van der Waals surface area contributed by atoms with Crippen LogP contribution in [0, 0.1) is 5.82 Å². The van der Waals surface area contributed by atoms with Gasteiger partial charge < -0.3 is 15.5 Å². The van der Waals surface area contributed by atoms with Gasteiger partial charge in [0.15, 0.2) is 11.4 Å². The van der Waals surface area contributed by atoms with Crippen molar-refractivity contribution in [2.45, 2.75) is 38.6 Å². The van der Waals surface area contributed by atoms with Gasteiger partial charge >= 0.3 is 0 Å². The third kappa shape index (κ3) is 6.59. The average Bonchev–Trinajstić information content (AvgIpc) is 3.05. The highest BCUT2D eigenvalue weighted by Crippen LogP contribution is 2.10. The summed E-state index contributed by atoms with van der Waals surface area (Å²) in [6.07, 6.45) is 8.69. The van der Waals surface area contributed by atoms with E-state index in [1.807, 2.05) is 0 Å². The quantitative estimate of drug-likeness (QED) is 0.650. The monoisotopic (exact) mass is 413 g/mol. The summed E-state index contributed by atoms with van der Waals surface area (Å²) in [5.41, 5.74) is 0.724. The van der Waals surface area contributed by atoms with Gasteiger partial charge in [-0.15, -0.1) is 0 Å². The lowest BCUT2D eigenvalue weighted by Gasteiger charge is -2.19. The highest BCUT2D eigenvalue weighted by molar-refractivity contribution is 6.04. The van der Waals surface area contributed by atoms with Gasteiger partial charge in [-0.05, 0) is 56.6 Å². The number of rotatable bonds is 8. The minimum atomic E-state index is -0.498. The first kappa shape index (κ1) is 21.8. The van der Waals surface area contributed by atoms with Crippen LogP contribution in [0.1, 0.15) is 58.6 Å². The molecule has 3 rings (SSSR count). The molecule has 0 spiro atoms. The van der Waals surface area contributed by atoms with Gasteiger partial charge in [0.25, 0.3) is 11.8 Å². The molecule has 0 saturated carbocycles. The standard InChI is InChI=1S/C22H28FN5O2/c23-18-8-6-17(7-9-18)16-27-22(30)20-19(24-11-12-25-20)21(29)26-10-5-15-28-13-3-1-2-4-14-28/h6-9,11-12H,1-5,10,13-16H2,(H,26,29)(H,27,30). The van der Waals surface area contributed by atoms with Crippen molar-refractivity contribution in [3.8, 4) is 0 Å². The van der Waals surface area contributed by atoms with E-state index in [0.29, 0.717) is 6.54 Å². The van der Waals surface area contributed by atoms with Gasteiger partial charge in [-0.2, -0.15) is 0 Å². The Balaban J connectivity index is 1.49. The molecule has 8 heteroatoms. The van der Waals surface area contributed by atoms with Gasteiger partial charge in [0.2, 0.25) is 0 Å². The molecule has 2 aromatic rings. The number of hydrogen-bond donors (Lipinski definition) is 2. The van der Waals surface area contributed by atoms with Crippen molar-refractivity contribution in [2.24, 2.45) is 0 Å². The first-order chi connectivity index (χ1) is 14.6. The summed E-state index contributed by atoms with van der Waals surface area (Å²) < 4.78 is 13.0. The van der Waals surface area contributed by atoms with E-state index in [9.17, 15) is 14.0 Å². The highest BCUT2D eigenvalue weighted by atomic mass is 19.1. The Labute approximate surface area is 176 Å². The largest absolute Gasteiger partial charge is 0.351 e. The van der Waals surface area contributed by atoms with Gasteiger partial charge in [-0.25, -0.2) is 14.4 Å². The van der Waals surface area contributed by atoms with E-state index >= 15 is 0 Å². The lowest BCUT2D eigenvalue weighted by Crippen LogP contribution is -2.33. The molecule has 1 aliphatic rings. The van der Waals surface area contributed by atoms with Crippen molar-refractivity contribution >= 4 is 11.8 Å². The second kappa shape index (κ2) is 11.3. The smallest absolute Gasteiger partial charge is 0.272 e. The Bertz CT molecular complexity index is 836. The summed E-state index contributed by atoms with van der Waals surface area (Å²) >= 11 is 0. The molecule has 0 bridgehead atoms. The number of hydrogen-bond acceptors (Lipinski definition) is 5. The first-order valence-corrected chi connectivity index (χ1v) is 10.5. The third-order valence-electron chi connectivity index (χ3n) is 5.13. The van der Waals surface area contributed by atoms with E-state index in [2.05, 4.69) is 25.5 Å². The minimum absolute atomic E-state index is 0.00359. The zero-order valence-electron chi connectivity index (χ0n) is 17.1. The number of carbonyl (C=O) groups excluding carboxylic acids is 2. The molecule has 0 aliphatic carbocycles. The predicted molar refractivity (Wildman–Crippen MR) is 111 cm³/mol. The number of nitrogens with one attached hydrogen (secondary N) is 2. The molecule has 1 aromatic carbocycles. The normalized spacial score (nSPS) is 14.7. The molecule has 1 aliphatic heterocycles. The molecule has 2 amide bonds. The van der Waals surface area contributed by atoms with Gasteiger partial charge in [-0.1, -0.05) is 25.0 Å². The van der Waals surface area contributed by atoms with E-state index in [1.54, 1.807) is 12.1 Å². The summed E-state index contributed by atoms with van der Waals surface area (Å²) in [7, 11) is 0. The van der Waals surface area contributed by atoms with Gasteiger partial charge in [0.05, 0.1) is 0 Å². The molecule has 0 radical (unpaired) electrons. The van der Waals surface area contributed by atoms with Crippen molar-refractivity contribution in [1.82, 2.24) is 25.5 Å². The van der Waals surface area contributed by atoms with Crippen molar-refractivity contribution < 1.29 is 14.0 Å². The second-order valence-corrected chi connectivity index (χ2v) is 7.43. The number of carbonyl (C=O) groups is 2. The maximum absolute atomic E-state index is 13.0. The maximum atomic E-state index is 13.0. The Kier molecular flexibility index (Phi) is 8.26. The first-order valence-electron chi connectivity index (χ1n) is 10.5. The molecule has 1 saturated heterocycles. The van der Waals surface area contributed by atoms with Crippen LogP contribution in [0.5, 0.6) is 0 Å². The van der Waals surface area contributed by atoms with Crippen molar-refractivity contribution in [3.63, 3.8) is 0 Å². The predicted octanol–water partition coefficient (Wildman–Crippen LogP) is 2.54. The summed E-state index contributed by atoms with van der Waals surface area (Å²) in [5.74, 6) is -1.25. The minimum Gasteiger partial charge on any atom is -0.351 e. The molecule has 160 valence electrons. The van der Waals surface area contributed by atoms with Crippen LogP contribution >= 0.6 is 0 Å². The Morgan fingerprint density at radius 2 is 1.50 bits per heavy atom. The lowest BCUT2D eigenvalue weighted by molar-refractivity contribution is 0.0909. The van der Waals surface area contributed by atoms with Crippen LogP contribution < -0.4 is 10.6 Å². The van der Waals surface area contributed by atoms with E-state index in [1.165, 1.54) is 50.2 Å². The maximum Gasteiger partial charge on any atom is 0.272 e. The molecule has 2 heterocycles. The van der Waals surface area contributed by atoms with Crippen LogP contribution in [-0.4, -0.2) is 52.9 Å². The molecule has 1 aromatic heterocycles. The third-order valence-corrected chi connectivity index (χ3v) is 5.13. The number of nitrogens with zero attached hydrogens (tertiary/aromatic N) is 3. The highest BCUT2D eigenvalue weighted by Gasteiger charge is 2.20. The van der Waals surface area contributed by atoms with Gasteiger partial charge in [0.1, 0.15) is 5.82 Å². The zero-order chi connectivity index (χ0) is 21.2. The lowest BCUT2D eigenvalue weighted by atomic mass is 10.2. The van der Waals surface area contributed by atoms with Crippen LogP contribution in [0.4, 0.5) is 4.39 Å². The molecule has 2 N–H and O–H groups in total. The summed E-state index contributed by atoms with van der Waals surface area (Å²) in [6, 6.07) is 5.83. The van der Waals surface area contributed by atoms with Gasteiger partial charge in [0, 0.05) is 25.5 Å². The van der Waals surface area contributed by atoms with Gasteiger partial charge in [-0.3, -0.25) is 9.59 Å². The van der Waals surface area contributed by atoms with Crippen LogP contribution in [0.15, 0.2) is 36.7 Å². The molecule has 7 nitrogen and oxygen atoms in total. The molecule has 1 fully saturated rings. The molecular weight excluding hydrogens is 385 g/mol. The summed E-state index contributed by atoms with van der Waals surface area (Å²) in [6.45, 7) is 3.91. The van der Waals surface area contributed by atoms with Crippen molar-refractivity contribution in [3.05, 3.63) is 59.4 Å². The van der Waals surface area contributed by atoms with Crippen LogP contribution in [0.25, 0.3) is 0 Å². The Hall–Kier alpha value is -2.87. The average molecular weight is 413 g/mol. The fourth-order valence-electron chi connectivity index (χ4n) is 3.49. The SMILES string of the molecule is O=C(NCCCN1CCCCCC1)c1nccnc1C(=O)NCc1ccc(F)cc1. The molecule has 30 heavy (non-hydrogen) atoms. The van der Waals surface area contributed by atoms with E-state index in [-0.39, 0.29) is 23.7 Å². The van der Waals surface area contributed by atoms with Crippen LogP contribution in [-0.2, 0) is 6.54 Å². The Morgan fingerprint density at radius 1 is 0.900 bits per heavy atom. The van der Waals surface area contributed by atoms with Crippen LogP contribution in [0.2, 0.25) is 0 Å². The number of likely N-dealkylation sites (tertiary alicyclic amines) is 1. The van der Waals surface area contributed by atoms with E-state index in [0.717, 1.165) is 31.6 Å². The molecule has 0 atom stereocenters. The number of benzene rings is 1. The zero-order valence-corrected chi connectivity index (χ0v) is 17.1.